The van der Waals surface area contributed by atoms with Gasteiger partial charge in [-0.1, -0.05) is 33.3 Å². The molecule has 0 amide bonds. The number of benzene rings is 1. The summed E-state index contributed by atoms with van der Waals surface area (Å²) in [6, 6.07) is 7.17. The molecular weight excluding hydrogens is 651 g/mol. The van der Waals surface area contributed by atoms with Crippen molar-refractivity contribution in [3.05, 3.63) is 79.1 Å². The zero-order valence-corrected chi connectivity index (χ0v) is 24.3. The molecule has 0 aliphatic carbocycles. The molecule has 1 aliphatic rings. The number of nitrogens with zero attached hydrogens (tertiary/aromatic N) is 2. The van der Waals surface area contributed by atoms with E-state index in [-0.39, 0.29) is 18.3 Å². The zero-order valence-electron chi connectivity index (χ0n) is 18.9. The Hall–Kier alpha value is -1.76. The molecule has 1 aromatic carbocycles. The van der Waals surface area contributed by atoms with Crippen molar-refractivity contribution in [2.75, 3.05) is 6.61 Å². The van der Waals surface area contributed by atoms with Crippen molar-refractivity contribution in [2.24, 2.45) is 4.99 Å². The fourth-order valence-corrected chi connectivity index (χ4v) is 7.23. The van der Waals surface area contributed by atoms with Crippen LogP contribution in [-0.2, 0) is 9.53 Å². The number of hydrogen-bond donors (Lipinski definition) is 0. The van der Waals surface area contributed by atoms with Crippen LogP contribution < -0.4 is 19.6 Å². The van der Waals surface area contributed by atoms with Gasteiger partial charge in [-0.25, -0.2) is 9.79 Å². The Morgan fingerprint density at radius 1 is 1.38 bits per heavy atom. The van der Waals surface area contributed by atoms with Gasteiger partial charge in [0.2, 0.25) is 0 Å². The summed E-state index contributed by atoms with van der Waals surface area (Å²) in [6.07, 6.45) is 1.82. The van der Waals surface area contributed by atoms with E-state index in [1.165, 1.54) is 22.7 Å². The average Bonchev–Trinajstić information content (AvgIpc) is 3.38. The third kappa shape index (κ3) is 4.95. The molecule has 0 N–H and O–H groups in total. The van der Waals surface area contributed by atoms with E-state index in [4.69, 9.17) is 9.47 Å². The van der Waals surface area contributed by atoms with Crippen molar-refractivity contribution in [3.8, 4) is 5.75 Å². The van der Waals surface area contributed by atoms with Crippen LogP contribution in [0, 0.1) is 3.57 Å². The maximum atomic E-state index is 13.7. The number of thiophene rings is 1. The molecule has 6 nitrogen and oxygen atoms in total. The van der Waals surface area contributed by atoms with Gasteiger partial charge in [-0.3, -0.25) is 9.36 Å². The minimum atomic E-state index is -0.577. The molecule has 0 unspecified atom stereocenters. The van der Waals surface area contributed by atoms with Gasteiger partial charge in [0.25, 0.3) is 5.56 Å². The summed E-state index contributed by atoms with van der Waals surface area (Å²) in [7, 11) is 0. The van der Waals surface area contributed by atoms with E-state index in [0.29, 0.717) is 20.6 Å². The van der Waals surface area contributed by atoms with Gasteiger partial charge in [-0.15, -0.1) is 11.3 Å². The molecular formula is C24H22BrIN2O4S2. The lowest BCUT2D eigenvalue weighted by Crippen LogP contribution is -2.39. The van der Waals surface area contributed by atoms with Crippen LogP contribution in [0.3, 0.4) is 0 Å². The number of rotatable bonds is 6. The summed E-state index contributed by atoms with van der Waals surface area (Å²) >= 11 is 8.58. The van der Waals surface area contributed by atoms with Gasteiger partial charge >= 0.3 is 5.97 Å². The van der Waals surface area contributed by atoms with Crippen molar-refractivity contribution < 1.29 is 14.3 Å². The van der Waals surface area contributed by atoms with Gasteiger partial charge in [-0.05, 0) is 79.9 Å². The first-order valence-corrected chi connectivity index (χ1v) is 14.2. The van der Waals surface area contributed by atoms with Crippen molar-refractivity contribution in [3.63, 3.8) is 0 Å². The van der Waals surface area contributed by atoms with E-state index >= 15 is 0 Å². The molecule has 0 saturated heterocycles. The van der Waals surface area contributed by atoms with E-state index in [0.717, 1.165) is 24.2 Å². The topological polar surface area (TPSA) is 69.9 Å². The number of fused-ring (bicyclic) bond motifs is 1. The second kappa shape index (κ2) is 10.5. The Kier molecular flexibility index (Phi) is 7.80. The number of aromatic nitrogens is 1. The van der Waals surface area contributed by atoms with Gasteiger partial charge in [0.05, 0.1) is 32.1 Å². The largest absolute Gasteiger partial charge is 0.489 e. The highest BCUT2D eigenvalue weighted by atomic mass is 127. The Morgan fingerprint density at radius 3 is 2.79 bits per heavy atom. The van der Waals surface area contributed by atoms with Crippen LogP contribution in [0.15, 0.2) is 55.2 Å². The SMILES string of the molecule is CCOC(=O)C1=C(C)N=c2s/c(=C\c3cc(Br)cc(I)c3OC(C)C)c(=O)n2[C@H]1c1cccs1. The number of allylic oxidation sites excluding steroid dienone is 1. The van der Waals surface area contributed by atoms with Crippen LogP contribution >= 0.6 is 61.2 Å². The predicted octanol–water partition coefficient (Wildman–Crippen LogP) is 5.01. The Morgan fingerprint density at radius 2 is 2.15 bits per heavy atom. The lowest BCUT2D eigenvalue weighted by atomic mass is 10.0. The first-order chi connectivity index (χ1) is 16.2. The summed E-state index contributed by atoms with van der Waals surface area (Å²) in [5, 5.41) is 1.93. The van der Waals surface area contributed by atoms with Crippen LogP contribution in [-0.4, -0.2) is 23.2 Å². The number of esters is 1. The third-order valence-electron chi connectivity index (χ3n) is 5.01. The Balaban J connectivity index is 1.95. The molecule has 4 rings (SSSR count). The molecule has 10 heteroatoms. The van der Waals surface area contributed by atoms with E-state index in [1.54, 1.807) is 18.4 Å². The van der Waals surface area contributed by atoms with Crippen molar-refractivity contribution in [1.29, 1.82) is 0 Å². The second-order valence-electron chi connectivity index (χ2n) is 7.79. The molecule has 0 spiro atoms. The van der Waals surface area contributed by atoms with E-state index in [2.05, 4.69) is 43.5 Å². The Labute approximate surface area is 226 Å². The van der Waals surface area contributed by atoms with Crippen LogP contribution in [0.1, 0.15) is 44.2 Å². The minimum absolute atomic E-state index is 0.0170. The molecule has 0 saturated carbocycles. The molecule has 3 heterocycles. The van der Waals surface area contributed by atoms with Gasteiger partial charge in [0.1, 0.15) is 11.8 Å². The van der Waals surface area contributed by atoms with Crippen molar-refractivity contribution in [1.82, 2.24) is 4.57 Å². The van der Waals surface area contributed by atoms with Crippen LogP contribution in [0.2, 0.25) is 0 Å². The number of ether oxygens (including phenoxy) is 2. The number of carbonyl (C=O) groups excluding carboxylic acids is 1. The predicted molar refractivity (Wildman–Crippen MR) is 147 cm³/mol. The van der Waals surface area contributed by atoms with Crippen LogP contribution in [0.5, 0.6) is 5.75 Å². The monoisotopic (exact) mass is 672 g/mol. The molecule has 2 aromatic heterocycles. The molecule has 0 fully saturated rings. The van der Waals surface area contributed by atoms with Crippen molar-refractivity contribution in [2.45, 2.75) is 39.8 Å². The fourth-order valence-electron chi connectivity index (χ4n) is 3.70. The maximum absolute atomic E-state index is 13.7. The quantitative estimate of drug-likeness (QED) is 0.273. The molecule has 0 bridgehead atoms. The van der Waals surface area contributed by atoms with E-state index < -0.39 is 12.0 Å². The van der Waals surface area contributed by atoms with E-state index in [1.807, 2.05) is 49.6 Å². The summed E-state index contributed by atoms with van der Waals surface area (Å²) < 4.78 is 15.3. The molecule has 1 atom stereocenters. The number of thiazole rings is 1. The summed E-state index contributed by atoms with van der Waals surface area (Å²) in [5.41, 5.74) is 1.54. The second-order valence-corrected chi connectivity index (χ2v) is 11.9. The minimum Gasteiger partial charge on any atom is -0.489 e. The maximum Gasteiger partial charge on any atom is 0.338 e. The highest BCUT2D eigenvalue weighted by molar-refractivity contribution is 14.1. The standard InChI is InChI=1S/C24H22BrIN2O4S2/c1-5-31-23(30)19-13(4)27-24-28(20(19)17-7-6-8-33-17)22(29)18(34-24)10-14-9-15(25)11-16(26)21(14)32-12(2)3/h6-12,20H,5H2,1-4H3/b18-10-/t20-/m0/s1. The number of halogens is 2. The third-order valence-corrected chi connectivity index (χ3v) is 8.17. The normalized spacial score (nSPS) is 16.0. The average molecular weight is 673 g/mol. The highest BCUT2D eigenvalue weighted by Crippen LogP contribution is 2.34. The van der Waals surface area contributed by atoms with Crippen LogP contribution in [0.25, 0.3) is 6.08 Å². The number of carbonyl (C=O) groups is 1. The van der Waals surface area contributed by atoms with Crippen LogP contribution in [0.4, 0.5) is 0 Å². The van der Waals surface area contributed by atoms with Gasteiger partial charge in [0, 0.05) is 14.9 Å². The van der Waals surface area contributed by atoms with Crippen molar-refractivity contribution >= 4 is 73.2 Å². The smallest absolute Gasteiger partial charge is 0.338 e. The highest BCUT2D eigenvalue weighted by Gasteiger charge is 2.33. The first-order valence-electron chi connectivity index (χ1n) is 10.6. The van der Waals surface area contributed by atoms with Gasteiger partial charge in [0.15, 0.2) is 4.80 Å². The summed E-state index contributed by atoms with van der Waals surface area (Å²) in [6.45, 7) is 7.73. The zero-order chi connectivity index (χ0) is 24.6. The Bertz CT molecular complexity index is 1460. The fraction of sp³-hybridized carbons (Fsp3) is 0.292. The van der Waals surface area contributed by atoms with Gasteiger partial charge < -0.3 is 9.47 Å². The summed E-state index contributed by atoms with van der Waals surface area (Å²) in [5.74, 6) is 0.272. The lowest BCUT2D eigenvalue weighted by Gasteiger charge is -2.23. The number of hydrogen-bond acceptors (Lipinski definition) is 7. The van der Waals surface area contributed by atoms with Gasteiger partial charge in [-0.2, -0.15) is 0 Å². The molecule has 178 valence electrons. The molecule has 3 aromatic rings. The molecule has 1 aliphatic heterocycles. The van der Waals surface area contributed by atoms with E-state index in [9.17, 15) is 9.59 Å². The lowest BCUT2D eigenvalue weighted by molar-refractivity contribution is -0.139. The first kappa shape index (κ1) is 25.3. The molecule has 34 heavy (non-hydrogen) atoms. The summed E-state index contributed by atoms with van der Waals surface area (Å²) in [4.78, 5) is 32.6. The molecule has 0 radical (unpaired) electrons.